The highest BCUT2D eigenvalue weighted by atomic mass is 32.9. The summed E-state index contributed by atoms with van der Waals surface area (Å²) in [6.45, 7) is 6.60. The van der Waals surface area contributed by atoms with Gasteiger partial charge in [-0.1, -0.05) is 83.4 Å². The Morgan fingerprint density at radius 3 is 2.35 bits per heavy atom. The molecule has 2 heterocycles. The Hall–Kier alpha value is -5.20. The summed E-state index contributed by atoms with van der Waals surface area (Å²) in [6.07, 6.45) is 8.55. The number of unbranched alkanes of at least 4 members (excludes halogenated alkanes) is 4. The van der Waals surface area contributed by atoms with Gasteiger partial charge in [0.2, 0.25) is 0 Å². The molecule has 1 aliphatic rings. The minimum absolute atomic E-state index is 0.149. The predicted molar refractivity (Wildman–Crippen MR) is 241 cm³/mol. The van der Waals surface area contributed by atoms with Gasteiger partial charge in [-0.2, -0.15) is 0 Å². The first kappa shape index (κ1) is 47.8. The zero-order valence-corrected chi connectivity index (χ0v) is 37.5. The first-order valence-electron chi connectivity index (χ1n) is 20.7. The van der Waals surface area contributed by atoms with Gasteiger partial charge in [0.15, 0.2) is 11.5 Å². The number of nitrogens with zero attached hydrogens (tertiary/aromatic N) is 3. The van der Waals surface area contributed by atoms with Gasteiger partial charge in [0.05, 0.1) is 25.8 Å². The zero-order chi connectivity index (χ0) is 44.1. The summed E-state index contributed by atoms with van der Waals surface area (Å²) >= 11 is 5.25. The molecule has 5 rings (SSSR count). The fourth-order valence-corrected chi connectivity index (χ4v) is 9.15. The molecular formula is C45H53N3O11S3. The Kier molecular flexibility index (Phi) is 19.8. The molecule has 3 aromatic carbocycles. The normalized spacial score (nSPS) is 13.6. The van der Waals surface area contributed by atoms with E-state index in [2.05, 4.69) is 33.7 Å². The number of carbonyl (C=O) groups is 3. The van der Waals surface area contributed by atoms with Crippen LogP contribution in [-0.2, 0) is 23.9 Å². The number of carbonyl (C=O) groups excluding carboxylic acids is 3. The van der Waals surface area contributed by atoms with Crippen molar-refractivity contribution < 1.29 is 48.0 Å². The first-order valence-corrected chi connectivity index (χ1v) is 23.3. The first-order chi connectivity index (χ1) is 30.1. The summed E-state index contributed by atoms with van der Waals surface area (Å²) < 4.78 is 29.1. The number of methoxy groups -OCH3 is 1. The second kappa shape index (κ2) is 25.7. The Morgan fingerprint density at radius 2 is 1.63 bits per heavy atom. The van der Waals surface area contributed by atoms with Crippen LogP contribution in [0.5, 0.6) is 17.2 Å². The maximum absolute atomic E-state index is 13.7. The third-order valence-electron chi connectivity index (χ3n) is 10.0. The third-order valence-corrected chi connectivity index (χ3v) is 12.9. The van der Waals surface area contributed by atoms with Crippen LogP contribution in [0.1, 0.15) is 79.5 Å². The number of esters is 3. The monoisotopic (exact) mass is 907 g/mol. The molecule has 0 radical (unpaired) electrons. The van der Waals surface area contributed by atoms with E-state index in [4.69, 9.17) is 35.9 Å². The van der Waals surface area contributed by atoms with E-state index in [1.54, 1.807) is 57.1 Å². The lowest BCUT2D eigenvalue weighted by Gasteiger charge is -2.34. The van der Waals surface area contributed by atoms with Crippen LogP contribution in [-0.4, -0.2) is 99.0 Å². The molecular weight excluding hydrogens is 855 g/mol. The molecule has 0 saturated carbocycles. The molecule has 17 heteroatoms. The van der Waals surface area contributed by atoms with E-state index in [0.717, 1.165) is 92.5 Å². The maximum Gasteiger partial charge on any atom is 0.344 e. The molecule has 4 aromatic rings. The second-order valence-electron chi connectivity index (χ2n) is 14.5. The standard InChI is InChI=1S/C45H53N3O11S3/c1-3-4-13-38(36-11-7-8-12-37(36)45(51)59-39-20-14-33(30-40(39)54-2)15-21-42(49)56-28-29-57-48(52)53)58-43(50)32-47-25-23-46(24-26-47)22-9-5-6-10-27-55-35-18-16-34(17-19-35)41-31-44(60)62-61-41/h7-8,11-12,14-21,30-31,38H,3-6,9-10,13,22-29,32H2,1-2H3/b21-15+. The van der Waals surface area contributed by atoms with E-state index in [1.807, 2.05) is 18.2 Å². The van der Waals surface area contributed by atoms with Crippen molar-refractivity contribution in [3.05, 3.63) is 110 Å². The van der Waals surface area contributed by atoms with Crippen LogP contribution >= 0.6 is 32.9 Å². The summed E-state index contributed by atoms with van der Waals surface area (Å²) in [5, 5.41) is 9.26. The molecule has 1 aromatic heterocycles. The van der Waals surface area contributed by atoms with Gasteiger partial charge in [-0.3, -0.25) is 9.69 Å². The molecule has 1 unspecified atom stereocenters. The van der Waals surface area contributed by atoms with E-state index in [-0.39, 0.29) is 42.8 Å². The van der Waals surface area contributed by atoms with E-state index in [1.165, 1.54) is 24.1 Å². The molecule has 1 atom stereocenters. The maximum atomic E-state index is 13.7. The average molecular weight is 908 g/mol. The van der Waals surface area contributed by atoms with Gasteiger partial charge in [-0.15, -0.1) is 10.1 Å². The summed E-state index contributed by atoms with van der Waals surface area (Å²) in [4.78, 5) is 59.1. The molecule has 0 aliphatic carbocycles. The zero-order valence-electron chi connectivity index (χ0n) is 35.0. The van der Waals surface area contributed by atoms with Crippen molar-refractivity contribution in [1.82, 2.24) is 9.80 Å². The highest BCUT2D eigenvalue weighted by Crippen LogP contribution is 2.33. The van der Waals surface area contributed by atoms with Crippen molar-refractivity contribution in [2.45, 2.75) is 58.0 Å². The minimum Gasteiger partial charge on any atom is -0.494 e. The average Bonchev–Trinajstić information content (AvgIpc) is 3.72. The van der Waals surface area contributed by atoms with Gasteiger partial charge in [0.1, 0.15) is 28.9 Å². The number of piperazine rings is 1. The molecule has 62 heavy (non-hydrogen) atoms. The lowest BCUT2D eigenvalue weighted by molar-refractivity contribution is -0.757. The molecule has 0 spiro atoms. The van der Waals surface area contributed by atoms with Gasteiger partial charge in [-0.05, 0) is 98.0 Å². The largest absolute Gasteiger partial charge is 0.494 e. The van der Waals surface area contributed by atoms with E-state index >= 15 is 0 Å². The Morgan fingerprint density at radius 1 is 0.871 bits per heavy atom. The molecule has 0 amide bonds. The van der Waals surface area contributed by atoms with E-state index < -0.39 is 23.1 Å². The van der Waals surface area contributed by atoms with Crippen molar-refractivity contribution in [3.8, 4) is 27.7 Å². The number of rotatable bonds is 25. The molecule has 14 nitrogen and oxygen atoms in total. The molecule has 1 saturated heterocycles. The van der Waals surface area contributed by atoms with Gasteiger partial charge >= 0.3 is 17.9 Å². The minimum atomic E-state index is -0.971. The van der Waals surface area contributed by atoms with Crippen LogP contribution in [0.3, 0.4) is 0 Å². The number of hydrogen-bond acceptors (Lipinski definition) is 16. The number of benzene rings is 3. The fraction of sp³-hybridized carbons (Fsp3) is 0.422. The van der Waals surface area contributed by atoms with Crippen LogP contribution in [0.15, 0.2) is 78.9 Å². The summed E-state index contributed by atoms with van der Waals surface area (Å²) in [5.74, 6) is -0.433. The van der Waals surface area contributed by atoms with Crippen LogP contribution < -0.4 is 14.2 Å². The SMILES string of the molecule is CCCCC(OC(=O)CN1CCN(CCCCCCOc2ccc(-c3cc(=S)ss3)cc2)CC1)c1ccccc1C(=O)Oc1ccc(/C=C/C(=O)OCCO[N+](=O)[O-])cc1OC. The van der Waals surface area contributed by atoms with Crippen LogP contribution in [0.2, 0.25) is 0 Å². The van der Waals surface area contributed by atoms with Gasteiger partial charge in [-0.25, -0.2) is 9.59 Å². The summed E-state index contributed by atoms with van der Waals surface area (Å²) in [6, 6.07) is 21.9. The fourth-order valence-electron chi connectivity index (χ4n) is 6.74. The molecule has 0 N–H and O–H groups in total. The highest BCUT2D eigenvalue weighted by molar-refractivity contribution is 7.80. The quantitative estimate of drug-likeness (QED) is 0.00906. The Bertz CT molecular complexity index is 2150. The van der Waals surface area contributed by atoms with Crippen LogP contribution in [0.25, 0.3) is 16.5 Å². The van der Waals surface area contributed by atoms with Crippen molar-refractivity contribution in [2.75, 3.05) is 66.2 Å². The lowest BCUT2D eigenvalue weighted by atomic mass is 9.98. The Balaban J connectivity index is 1.04. The second-order valence-corrected chi connectivity index (χ2v) is 17.4. The van der Waals surface area contributed by atoms with Crippen molar-refractivity contribution >= 4 is 56.9 Å². The molecule has 332 valence electrons. The third kappa shape index (κ3) is 15.9. The van der Waals surface area contributed by atoms with E-state index in [9.17, 15) is 24.5 Å². The van der Waals surface area contributed by atoms with Crippen molar-refractivity contribution in [1.29, 1.82) is 0 Å². The molecule has 1 aliphatic heterocycles. The number of ether oxygens (including phenoxy) is 5. The highest BCUT2D eigenvalue weighted by Gasteiger charge is 2.26. The Labute approximate surface area is 374 Å². The van der Waals surface area contributed by atoms with Crippen LogP contribution in [0, 0.1) is 13.9 Å². The number of hydrogen-bond donors (Lipinski definition) is 0. The topological polar surface area (TPSA) is 156 Å². The molecule has 1 fully saturated rings. The van der Waals surface area contributed by atoms with Gasteiger partial charge in [0, 0.05) is 42.7 Å². The van der Waals surface area contributed by atoms with Crippen LogP contribution in [0.4, 0.5) is 0 Å². The van der Waals surface area contributed by atoms with Crippen molar-refractivity contribution in [2.24, 2.45) is 0 Å². The van der Waals surface area contributed by atoms with Gasteiger partial charge in [0.25, 0.3) is 5.09 Å². The summed E-state index contributed by atoms with van der Waals surface area (Å²) in [7, 11) is 4.74. The smallest absolute Gasteiger partial charge is 0.344 e. The van der Waals surface area contributed by atoms with E-state index in [0.29, 0.717) is 24.2 Å². The lowest BCUT2D eigenvalue weighted by Crippen LogP contribution is -2.48. The van der Waals surface area contributed by atoms with Gasteiger partial charge < -0.3 is 33.4 Å². The predicted octanol–water partition coefficient (Wildman–Crippen LogP) is 9.23. The molecule has 0 bridgehead atoms. The van der Waals surface area contributed by atoms with Crippen molar-refractivity contribution in [3.63, 3.8) is 0 Å². The summed E-state index contributed by atoms with van der Waals surface area (Å²) in [5.41, 5.74) is 2.54.